The molecule has 2 heterocycles. The summed E-state index contributed by atoms with van der Waals surface area (Å²) in [5.41, 5.74) is 5.23. The predicted octanol–water partition coefficient (Wildman–Crippen LogP) is 0.966. The molecular formula is C10H15N5O3. The molecule has 1 aromatic rings. The first-order chi connectivity index (χ1) is 8.63. The molecule has 0 saturated carbocycles. The lowest BCUT2D eigenvalue weighted by Gasteiger charge is -2.26. The molecule has 98 valence electrons. The van der Waals surface area contributed by atoms with Gasteiger partial charge in [-0.25, -0.2) is 0 Å². The van der Waals surface area contributed by atoms with Crippen molar-refractivity contribution in [3.63, 3.8) is 0 Å². The lowest BCUT2D eigenvalue weighted by molar-refractivity contribution is -0.385. The molecule has 0 unspecified atom stereocenters. The van der Waals surface area contributed by atoms with Gasteiger partial charge in [-0.15, -0.1) is 0 Å². The van der Waals surface area contributed by atoms with Gasteiger partial charge in [-0.3, -0.25) is 10.1 Å². The van der Waals surface area contributed by atoms with Crippen LogP contribution < -0.4 is 15.4 Å². The van der Waals surface area contributed by atoms with Gasteiger partial charge >= 0.3 is 11.6 Å². The van der Waals surface area contributed by atoms with E-state index in [0.717, 1.165) is 25.9 Å². The standard InChI is InChI=1S/C10H15N5O3/c1-18-9-7(15(16)17)8(11)12-10(13-9)14-5-3-2-4-6-14/h2-6H2,1H3,(H2,11,12,13). The van der Waals surface area contributed by atoms with E-state index in [1.165, 1.54) is 13.5 Å². The van der Waals surface area contributed by atoms with E-state index in [9.17, 15) is 10.1 Å². The largest absolute Gasteiger partial charge is 0.476 e. The monoisotopic (exact) mass is 253 g/mol. The number of hydrogen-bond acceptors (Lipinski definition) is 7. The molecule has 1 aromatic heterocycles. The summed E-state index contributed by atoms with van der Waals surface area (Å²) >= 11 is 0. The molecule has 0 atom stereocenters. The molecule has 18 heavy (non-hydrogen) atoms. The summed E-state index contributed by atoms with van der Waals surface area (Å²) in [6.45, 7) is 1.67. The Morgan fingerprint density at radius 1 is 1.33 bits per heavy atom. The molecule has 2 rings (SSSR count). The Morgan fingerprint density at radius 3 is 2.56 bits per heavy atom. The first-order valence-electron chi connectivity index (χ1n) is 5.74. The van der Waals surface area contributed by atoms with Crippen LogP contribution in [0.5, 0.6) is 5.88 Å². The van der Waals surface area contributed by atoms with E-state index < -0.39 is 4.92 Å². The number of ether oxygens (including phenoxy) is 1. The highest BCUT2D eigenvalue weighted by Gasteiger charge is 2.26. The molecule has 1 fully saturated rings. The molecule has 0 aromatic carbocycles. The van der Waals surface area contributed by atoms with E-state index >= 15 is 0 Å². The van der Waals surface area contributed by atoms with E-state index in [4.69, 9.17) is 10.5 Å². The maximum absolute atomic E-state index is 10.8. The molecule has 1 aliphatic rings. The summed E-state index contributed by atoms with van der Waals surface area (Å²) in [5.74, 6) is 0.148. The first kappa shape index (κ1) is 12.3. The summed E-state index contributed by atoms with van der Waals surface area (Å²) in [7, 11) is 1.33. The zero-order valence-electron chi connectivity index (χ0n) is 10.1. The maximum Gasteiger partial charge on any atom is 0.372 e. The minimum atomic E-state index is -0.631. The lowest BCUT2D eigenvalue weighted by Crippen LogP contribution is -2.31. The summed E-state index contributed by atoms with van der Waals surface area (Å²) in [6.07, 6.45) is 3.29. The van der Waals surface area contributed by atoms with E-state index in [-0.39, 0.29) is 17.4 Å². The molecule has 0 bridgehead atoms. The van der Waals surface area contributed by atoms with Crippen molar-refractivity contribution in [2.45, 2.75) is 19.3 Å². The number of anilines is 2. The minimum absolute atomic E-state index is 0.0897. The topological polar surface area (TPSA) is 107 Å². The molecule has 0 amide bonds. The van der Waals surface area contributed by atoms with Gasteiger partial charge in [0.25, 0.3) is 0 Å². The van der Waals surface area contributed by atoms with Crippen molar-refractivity contribution in [2.75, 3.05) is 30.8 Å². The molecule has 0 aliphatic carbocycles. The van der Waals surface area contributed by atoms with Gasteiger partial charge in [0, 0.05) is 13.1 Å². The van der Waals surface area contributed by atoms with E-state index in [1.54, 1.807) is 0 Å². The number of rotatable bonds is 3. The molecule has 1 aliphatic heterocycles. The van der Waals surface area contributed by atoms with Crippen LogP contribution in [0.2, 0.25) is 0 Å². The van der Waals surface area contributed by atoms with Crippen LogP contribution in [0, 0.1) is 10.1 Å². The average molecular weight is 253 g/mol. The molecule has 8 heteroatoms. The summed E-state index contributed by atoms with van der Waals surface area (Å²) in [6, 6.07) is 0. The Bertz CT molecular complexity index is 459. The van der Waals surface area contributed by atoms with Crippen LogP contribution in [0.3, 0.4) is 0 Å². The van der Waals surface area contributed by atoms with Gasteiger partial charge in [0.05, 0.1) is 12.0 Å². The Kier molecular flexibility index (Phi) is 3.45. The van der Waals surface area contributed by atoms with E-state index in [1.807, 2.05) is 4.90 Å². The highest BCUT2D eigenvalue weighted by atomic mass is 16.6. The number of nitro groups is 1. The zero-order chi connectivity index (χ0) is 13.1. The molecule has 0 radical (unpaired) electrons. The van der Waals surface area contributed by atoms with Gasteiger partial charge < -0.3 is 15.4 Å². The number of aromatic nitrogens is 2. The fourth-order valence-electron chi connectivity index (χ4n) is 1.99. The second kappa shape index (κ2) is 5.03. The zero-order valence-corrected chi connectivity index (χ0v) is 10.1. The van der Waals surface area contributed by atoms with Gasteiger partial charge in [-0.2, -0.15) is 9.97 Å². The number of piperidine rings is 1. The number of methoxy groups -OCH3 is 1. The molecule has 0 spiro atoms. The summed E-state index contributed by atoms with van der Waals surface area (Å²) < 4.78 is 4.92. The Morgan fingerprint density at radius 2 is 2.00 bits per heavy atom. The lowest BCUT2D eigenvalue weighted by atomic mass is 10.1. The number of hydrogen-bond donors (Lipinski definition) is 1. The first-order valence-corrected chi connectivity index (χ1v) is 5.74. The number of nitrogens with two attached hydrogens (primary N) is 1. The van der Waals surface area contributed by atoms with Crippen LogP contribution in [0.25, 0.3) is 0 Å². The summed E-state index contributed by atoms with van der Waals surface area (Å²) in [5, 5.41) is 10.8. The normalized spacial score (nSPS) is 15.5. The summed E-state index contributed by atoms with van der Waals surface area (Å²) in [4.78, 5) is 20.2. The minimum Gasteiger partial charge on any atom is -0.476 e. The SMILES string of the molecule is COc1nc(N2CCCCC2)nc(N)c1[N+](=O)[O-]. The third-order valence-corrected chi connectivity index (χ3v) is 2.88. The van der Waals surface area contributed by atoms with Gasteiger partial charge in [0.2, 0.25) is 11.8 Å². The van der Waals surface area contributed by atoms with Crippen molar-refractivity contribution < 1.29 is 9.66 Å². The van der Waals surface area contributed by atoms with Crippen LogP contribution in [-0.4, -0.2) is 35.1 Å². The Balaban J connectivity index is 2.38. The maximum atomic E-state index is 10.8. The van der Waals surface area contributed by atoms with Crippen molar-refractivity contribution >= 4 is 17.5 Å². The third-order valence-electron chi connectivity index (χ3n) is 2.88. The van der Waals surface area contributed by atoms with E-state index in [2.05, 4.69) is 9.97 Å². The molecule has 2 N–H and O–H groups in total. The third kappa shape index (κ3) is 2.27. The second-order valence-corrected chi connectivity index (χ2v) is 4.07. The number of nitrogen functional groups attached to an aromatic ring is 1. The van der Waals surface area contributed by atoms with Crippen molar-refractivity contribution in [3.05, 3.63) is 10.1 Å². The average Bonchev–Trinajstić information content (AvgIpc) is 2.38. The predicted molar refractivity (Wildman–Crippen MR) is 65.7 cm³/mol. The second-order valence-electron chi connectivity index (χ2n) is 4.07. The van der Waals surface area contributed by atoms with Crippen LogP contribution in [0.4, 0.5) is 17.5 Å². The van der Waals surface area contributed by atoms with Crippen LogP contribution in [0.1, 0.15) is 19.3 Å². The Hall–Kier alpha value is -2.12. The van der Waals surface area contributed by atoms with Gasteiger partial charge in [-0.1, -0.05) is 0 Å². The van der Waals surface area contributed by atoms with Crippen LogP contribution in [0.15, 0.2) is 0 Å². The fourth-order valence-corrected chi connectivity index (χ4v) is 1.99. The molecule has 1 saturated heterocycles. The molecule has 8 nitrogen and oxygen atoms in total. The van der Waals surface area contributed by atoms with Gasteiger partial charge in [0.15, 0.2) is 0 Å². The number of nitrogens with zero attached hydrogens (tertiary/aromatic N) is 4. The van der Waals surface area contributed by atoms with Crippen molar-refractivity contribution in [3.8, 4) is 5.88 Å². The van der Waals surface area contributed by atoms with Crippen molar-refractivity contribution in [1.29, 1.82) is 0 Å². The van der Waals surface area contributed by atoms with Crippen molar-refractivity contribution in [1.82, 2.24) is 9.97 Å². The highest BCUT2D eigenvalue weighted by Crippen LogP contribution is 2.32. The Labute approximate surface area is 104 Å². The van der Waals surface area contributed by atoms with E-state index in [0.29, 0.717) is 5.95 Å². The highest BCUT2D eigenvalue weighted by molar-refractivity contribution is 5.61. The van der Waals surface area contributed by atoms with Gasteiger partial charge in [0.1, 0.15) is 0 Å². The smallest absolute Gasteiger partial charge is 0.372 e. The fraction of sp³-hybridized carbons (Fsp3) is 0.600. The molecular weight excluding hydrogens is 238 g/mol. The van der Waals surface area contributed by atoms with Crippen LogP contribution in [-0.2, 0) is 0 Å². The quantitative estimate of drug-likeness (QED) is 0.631. The van der Waals surface area contributed by atoms with Gasteiger partial charge in [-0.05, 0) is 19.3 Å². The van der Waals surface area contributed by atoms with Crippen LogP contribution >= 0.6 is 0 Å². The van der Waals surface area contributed by atoms with Crippen molar-refractivity contribution in [2.24, 2.45) is 0 Å².